The van der Waals surface area contributed by atoms with Crippen molar-refractivity contribution in [1.29, 1.82) is 0 Å². The number of imidazole rings is 1. The summed E-state index contributed by atoms with van der Waals surface area (Å²) in [5.41, 5.74) is 8.07. The van der Waals surface area contributed by atoms with Gasteiger partial charge in [-0.05, 0) is 37.6 Å². The van der Waals surface area contributed by atoms with E-state index >= 15 is 0 Å². The smallest absolute Gasteiger partial charge is 0.147 e. The van der Waals surface area contributed by atoms with Gasteiger partial charge in [-0.1, -0.05) is 19.9 Å². The molecule has 6 aromatic heterocycles. The summed E-state index contributed by atoms with van der Waals surface area (Å²) in [5, 5.41) is 13.0. The molecule has 0 saturated heterocycles. The highest BCUT2D eigenvalue weighted by Gasteiger charge is 2.15. The first-order chi connectivity index (χ1) is 17.6. The zero-order valence-electron chi connectivity index (χ0n) is 20.1. The van der Waals surface area contributed by atoms with Crippen LogP contribution in [0.15, 0.2) is 73.9 Å². The fourth-order valence-corrected chi connectivity index (χ4v) is 4.41. The molecule has 0 fully saturated rings. The molecule has 0 atom stereocenters. The number of aromatic nitrogens is 8. The molecule has 0 radical (unpaired) electrons. The number of pyridine rings is 3. The van der Waals surface area contributed by atoms with Gasteiger partial charge in [0.05, 0.1) is 46.2 Å². The lowest BCUT2D eigenvalue weighted by Crippen LogP contribution is -1.98. The molecule has 6 aromatic rings. The van der Waals surface area contributed by atoms with Gasteiger partial charge in [0.1, 0.15) is 17.8 Å². The Labute approximate surface area is 207 Å². The molecule has 6 rings (SSSR count). The summed E-state index contributed by atoms with van der Waals surface area (Å²) < 4.78 is 1.93. The third-order valence-electron chi connectivity index (χ3n) is 6.09. The molecule has 0 bridgehead atoms. The summed E-state index contributed by atoms with van der Waals surface area (Å²) in [7, 11) is 0. The van der Waals surface area contributed by atoms with Crippen LogP contribution in [0.4, 0.5) is 5.69 Å². The van der Waals surface area contributed by atoms with E-state index in [1.807, 2.05) is 42.1 Å². The molecule has 3 N–H and O–H groups in total. The summed E-state index contributed by atoms with van der Waals surface area (Å²) in [6.07, 6.45) is 12.9. The number of aromatic amines is 2. The monoisotopic (exact) mass is 475 g/mol. The predicted octanol–water partition coefficient (Wildman–Crippen LogP) is 5.78. The van der Waals surface area contributed by atoms with E-state index in [1.165, 1.54) is 0 Å². The van der Waals surface area contributed by atoms with E-state index in [-0.39, 0.29) is 0 Å². The minimum atomic E-state index is 0.815. The third kappa shape index (κ3) is 3.90. The first-order valence-corrected chi connectivity index (χ1v) is 11.8. The minimum Gasteiger partial charge on any atom is -0.358 e. The van der Waals surface area contributed by atoms with Crippen molar-refractivity contribution in [2.24, 2.45) is 0 Å². The number of H-pyrrole nitrogens is 2. The summed E-state index contributed by atoms with van der Waals surface area (Å²) in [6.45, 7) is 8.18. The lowest BCUT2D eigenvalue weighted by Gasteiger charge is -2.09. The predicted molar refractivity (Wildman–Crippen MR) is 142 cm³/mol. The van der Waals surface area contributed by atoms with E-state index < -0.39 is 0 Å². The first-order valence-electron chi connectivity index (χ1n) is 11.8. The highest BCUT2D eigenvalue weighted by Crippen LogP contribution is 2.32. The van der Waals surface area contributed by atoms with Crippen LogP contribution >= 0.6 is 0 Å². The summed E-state index contributed by atoms with van der Waals surface area (Å²) in [4.78, 5) is 21.5. The van der Waals surface area contributed by atoms with Crippen molar-refractivity contribution in [3.63, 3.8) is 0 Å². The lowest BCUT2D eigenvalue weighted by atomic mass is 10.1. The maximum Gasteiger partial charge on any atom is 0.147 e. The normalized spacial score (nSPS) is 11.4. The van der Waals surface area contributed by atoms with Gasteiger partial charge in [0.25, 0.3) is 0 Å². The molecule has 9 heteroatoms. The Morgan fingerprint density at radius 3 is 2.81 bits per heavy atom. The number of nitrogens with zero attached hydrogens (tertiary/aromatic N) is 6. The Morgan fingerprint density at radius 1 is 1.06 bits per heavy atom. The minimum absolute atomic E-state index is 0.815. The van der Waals surface area contributed by atoms with E-state index in [2.05, 4.69) is 60.0 Å². The van der Waals surface area contributed by atoms with Gasteiger partial charge in [-0.3, -0.25) is 19.6 Å². The van der Waals surface area contributed by atoms with E-state index in [4.69, 9.17) is 0 Å². The Morgan fingerprint density at radius 2 is 1.97 bits per heavy atom. The lowest BCUT2D eigenvalue weighted by molar-refractivity contribution is 0.913. The van der Waals surface area contributed by atoms with Crippen LogP contribution in [0.2, 0.25) is 0 Å². The van der Waals surface area contributed by atoms with Crippen molar-refractivity contribution in [3.8, 4) is 28.5 Å². The second-order valence-corrected chi connectivity index (χ2v) is 8.83. The largest absolute Gasteiger partial charge is 0.358 e. The number of aryl methyl sites for hydroxylation is 1. The summed E-state index contributed by atoms with van der Waals surface area (Å²) in [5.74, 6) is 0.817. The van der Waals surface area contributed by atoms with Gasteiger partial charge < -0.3 is 10.3 Å². The Kier molecular flexibility index (Phi) is 5.29. The van der Waals surface area contributed by atoms with Crippen LogP contribution in [0.5, 0.6) is 0 Å². The highest BCUT2D eigenvalue weighted by molar-refractivity contribution is 5.98. The summed E-state index contributed by atoms with van der Waals surface area (Å²) in [6, 6.07) is 8.12. The standard InChI is InChI=1S/C27H25N9/c1-4-5-16(2)32-19-8-18(11-28-12-19)23-9-20-25(13-30-23)34-35-26(20)24-10-21-22(33-24)6-7-29-27(21)36-14-17(3)31-15-36/h6-15,32-33H,2,4-5H2,1,3H3,(H,34,35). The number of nitrogens with one attached hydrogen (secondary N) is 3. The molecule has 0 aliphatic carbocycles. The van der Waals surface area contributed by atoms with Gasteiger partial charge >= 0.3 is 0 Å². The van der Waals surface area contributed by atoms with Crippen molar-refractivity contribution in [1.82, 2.24) is 39.7 Å². The molecular weight excluding hydrogens is 450 g/mol. The van der Waals surface area contributed by atoms with E-state index in [0.717, 1.165) is 80.2 Å². The molecule has 178 valence electrons. The van der Waals surface area contributed by atoms with Crippen LogP contribution in [0.1, 0.15) is 25.5 Å². The van der Waals surface area contributed by atoms with E-state index in [0.29, 0.717) is 0 Å². The van der Waals surface area contributed by atoms with Gasteiger partial charge in [0.15, 0.2) is 0 Å². The average molecular weight is 476 g/mol. The Balaban J connectivity index is 1.40. The molecule has 0 unspecified atom stereocenters. The molecule has 0 saturated carbocycles. The molecule has 0 aromatic carbocycles. The van der Waals surface area contributed by atoms with Crippen molar-refractivity contribution < 1.29 is 0 Å². The van der Waals surface area contributed by atoms with E-state index in [1.54, 1.807) is 24.9 Å². The van der Waals surface area contributed by atoms with Crippen molar-refractivity contribution in [2.45, 2.75) is 26.7 Å². The third-order valence-corrected chi connectivity index (χ3v) is 6.09. The second kappa shape index (κ2) is 8.77. The molecule has 0 amide bonds. The van der Waals surface area contributed by atoms with Crippen molar-refractivity contribution in [2.75, 3.05) is 5.32 Å². The molecule has 6 heterocycles. The second-order valence-electron chi connectivity index (χ2n) is 8.83. The molecule has 0 spiro atoms. The fourth-order valence-electron chi connectivity index (χ4n) is 4.41. The fraction of sp³-hybridized carbons (Fsp3) is 0.148. The summed E-state index contributed by atoms with van der Waals surface area (Å²) >= 11 is 0. The number of anilines is 1. The molecular formula is C27H25N9. The van der Waals surface area contributed by atoms with Crippen molar-refractivity contribution in [3.05, 3.63) is 79.5 Å². The van der Waals surface area contributed by atoms with Gasteiger partial charge in [0.2, 0.25) is 0 Å². The van der Waals surface area contributed by atoms with Crippen LogP contribution < -0.4 is 5.32 Å². The molecule has 0 aliphatic rings. The number of rotatable bonds is 7. The van der Waals surface area contributed by atoms with Gasteiger partial charge in [-0.15, -0.1) is 0 Å². The molecule has 9 nitrogen and oxygen atoms in total. The van der Waals surface area contributed by atoms with Gasteiger partial charge in [-0.2, -0.15) is 5.10 Å². The zero-order valence-corrected chi connectivity index (χ0v) is 20.1. The number of fused-ring (bicyclic) bond motifs is 2. The number of allylic oxidation sites excluding steroid dienone is 1. The van der Waals surface area contributed by atoms with E-state index in [9.17, 15) is 0 Å². The maximum atomic E-state index is 4.65. The van der Waals surface area contributed by atoms with Crippen LogP contribution in [0.3, 0.4) is 0 Å². The van der Waals surface area contributed by atoms with Crippen LogP contribution in [0, 0.1) is 6.92 Å². The molecule has 0 aliphatic heterocycles. The SMILES string of the molecule is C=C(CCC)Nc1cncc(-c2cc3c(-c4cc5c(-n6cnc(C)c6)nccc5[nH]4)n[nH]c3cn2)c1. The quantitative estimate of drug-likeness (QED) is 0.270. The number of hydrogen-bond acceptors (Lipinski definition) is 6. The van der Waals surface area contributed by atoms with Crippen LogP contribution in [-0.2, 0) is 0 Å². The van der Waals surface area contributed by atoms with Crippen LogP contribution in [0.25, 0.3) is 50.3 Å². The van der Waals surface area contributed by atoms with Gasteiger partial charge in [0, 0.05) is 40.6 Å². The maximum absolute atomic E-state index is 4.65. The topological polar surface area (TPSA) is 113 Å². The average Bonchev–Trinajstić information content (AvgIpc) is 3.61. The van der Waals surface area contributed by atoms with Gasteiger partial charge in [-0.25, -0.2) is 9.97 Å². The van der Waals surface area contributed by atoms with Crippen LogP contribution in [-0.4, -0.2) is 39.7 Å². The Bertz CT molecular complexity index is 1720. The highest BCUT2D eigenvalue weighted by atomic mass is 15.1. The van der Waals surface area contributed by atoms with Crippen molar-refractivity contribution >= 4 is 27.5 Å². The molecule has 36 heavy (non-hydrogen) atoms. The first kappa shape index (κ1) is 21.7. The number of hydrogen-bond donors (Lipinski definition) is 3. The Hall–Kier alpha value is -4.79. The zero-order chi connectivity index (χ0) is 24.6.